The summed E-state index contributed by atoms with van der Waals surface area (Å²) in [4.78, 5) is 16.2. The molecule has 2 amide bonds. The molecule has 2 aromatic carbocycles. The van der Waals surface area contributed by atoms with Crippen molar-refractivity contribution in [3.63, 3.8) is 0 Å². The smallest absolute Gasteiger partial charge is 0.413 e. The van der Waals surface area contributed by atoms with E-state index in [9.17, 15) is 34.8 Å². The van der Waals surface area contributed by atoms with E-state index < -0.39 is 37.8 Å². The first-order chi connectivity index (χ1) is 17.2. The molecule has 0 bridgehead atoms. The summed E-state index contributed by atoms with van der Waals surface area (Å²) in [7, 11) is -6.70. The molecule has 2 heterocycles. The van der Waals surface area contributed by atoms with Gasteiger partial charge in [-0.25, -0.2) is 21.6 Å². The number of carbonyl (C=O) groups excluding carboxylic acids is 1. The molecule has 0 saturated carbocycles. The lowest BCUT2D eigenvalue weighted by Gasteiger charge is -2.33. The Morgan fingerprint density at radius 3 is 2.14 bits per heavy atom. The van der Waals surface area contributed by atoms with Crippen LogP contribution in [0.3, 0.4) is 0 Å². The summed E-state index contributed by atoms with van der Waals surface area (Å²) in [5, 5.41) is 6.41. The lowest BCUT2D eigenvalue weighted by Crippen LogP contribution is -2.49. The normalized spacial score (nSPS) is 15.9. The molecule has 1 aromatic heterocycles. The molecule has 37 heavy (non-hydrogen) atoms. The van der Waals surface area contributed by atoms with Crippen LogP contribution >= 0.6 is 0 Å². The minimum atomic E-state index is -4.77. The third kappa shape index (κ3) is 6.28. The van der Waals surface area contributed by atoms with Gasteiger partial charge in [-0.2, -0.15) is 13.2 Å². The van der Waals surface area contributed by atoms with Gasteiger partial charge in [0.25, 0.3) is 0 Å². The van der Waals surface area contributed by atoms with Crippen LogP contribution in [0.2, 0.25) is 0 Å². The summed E-state index contributed by atoms with van der Waals surface area (Å²) in [6, 6.07) is 11.3. The molecule has 4 rings (SSSR count). The summed E-state index contributed by atoms with van der Waals surface area (Å²) in [5.74, 6) is -2.13. The average Bonchev–Trinajstić information content (AvgIpc) is 3.33. The topological polar surface area (TPSA) is 131 Å². The van der Waals surface area contributed by atoms with Gasteiger partial charge in [0.15, 0.2) is 19.7 Å². The molecule has 0 N–H and O–H groups in total. The Labute approximate surface area is 210 Å². The minimum Gasteiger partial charge on any atom is -0.413 e. The summed E-state index contributed by atoms with van der Waals surface area (Å²) < 4.78 is 90.2. The van der Waals surface area contributed by atoms with Gasteiger partial charge in [-0.3, -0.25) is 4.90 Å². The van der Waals surface area contributed by atoms with E-state index in [0.717, 1.165) is 6.26 Å². The Bertz CT molecular complexity index is 1490. The van der Waals surface area contributed by atoms with Crippen LogP contribution in [0.4, 0.5) is 23.7 Å². The molecule has 3 aromatic rings. The van der Waals surface area contributed by atoms with Crippen LogP contribution in [0.1, 0.15) is 11.5 Å². The van der Waals surface area contributed by atoms with Crippen molar-refractivity contribution in [1.82, 2.24) is 15.1 Å². The zero-order chi connectivity index (χ0) is 27.0. The van der Waals surface area contributed by atoms with Gasteiger partial charge in [-0.05, 0) is 42.0 Å². The molecule has 0 atom stereocenters. The fourth-order valence-electron chi connectivity index (χ4n) is 3.61. The fraction of sp³-hybridized carbons (Fsp3) is 0.318. The molecule has 0 unspecified atom stereocenters. The number of nitrogens with zero attached hydrogens (tertiary/aromatic N) is 4. The number of aromatic nitrogens is 2. The highest BCUT2D eigenvalue weighted by molar-refractivity contribution is 7.91. The highest BCUT2D eigenvalue weighted by atomic mass is 32.2. The maximum atomic E-state index is 13.4. The van der Waals surface area contributed by atoms with E-state index in [1.807, 2.05) is 0 Å². The Morgan fingerprint density at radius 2 is 1.62 bits per heavy atom. The van der Waals surface area contributed by atoms with Gasteiger partial charge in [0.1, 0.15) is 0 Å². The number of rotatable bonds is 5. The van der Waals surface area contributed by atoms with E-state index >= 15 is 0 Å². The van der Waals surface area contributed by atoms with E-state index in [0.29, 0.717) is 11.3 Å². The zero-order valence-electron chi connectivity index (χ0n) is 19.3. The van der Waals surface area contributed by atoms with Gasteiger partial charge < -0.3 is 9.32 Å². The van der Waals surface area contributed by atoms with Gasteiger partial charge in [0, 0.05) is 30.6 Å². The fourth-order valence-corrected chi connectivity index (χ4v) is 5.44. The minimum absolute atomic E-state index is 0.0106. The number of carbonyl (C=O) groups is 1. The van der Waals surface area contributed by atoms with Gasteiger partial charge in [0.05, 0.1) is 22.9 Å². The lowest BCUT2D eigenvalue weighted by atomic mass is 10.1. The summed E-state index contributed by atoms with van der Waals surface area (Å²) in [6.07, 6.45) is -3.71. The third-order valence-corrected chi connectivity index (χ3v) is 8.37. The number of alkyl halides is 3. The first-order valence-electron chi connectivity index (χ1n) is 10.8. The number of anilines is 1. The SMILES string of the molecule is CS(=O)(=O)c1ccc(N(Cc2ccc(-c3nnc(C(F)(F)F)o3)cc2)C(=O)N2CCS(=O)(=O)CC2)cc1. The molecule has 1 aliphatic rings. The van der Waals surface area contributed by atoms with Crippen LogP contribution in [0, 0.1) is 0 Å². The number of amides is 2. The predicted octanol–water partition coefficient (Wildman–Crippen LogP) is 3.02. The average molecular weight is 559 g/mol. The van der Waals surface area contributed by atoms with Crippen molar-refractivity contribution in [3.8, 4) is 11.5 Å². The van der Waals surface area contributed by atoms with Crippen LogP contribution in [0.15, 0.2) is 57.8 Å². The molecule has 0 spiro atoms. The van der Waals surface area contributed by atoms with Crippen molar-refractivity contribution in [2.75, 3.05) is 35.8 Å². The molecular formula is C22H21F3N4O6S2. The van der Waals surface area contributed by atoms with Crippen molar-refractivity contribution in [3.05, 3.63) is 60.0 Å². The van der Waals surface area contributed by atoms with Crippen molar-refractivity contribution in [1.29, 1.82) is 0 Å². The quantitative estimate of drug-likeness (QED) is 0.467. The Balaban J connectivity index is 1.60. The molecule has 198 valence electrons. The molecule has 10 nitrogen and oxygen atoms in total. The standard InChI is InChI=1S/C22H21F3N4O6S2/c1-36(31,32)18-8-6-17(7-9-18)29(21(30)28-10-12-37(33,34)13-11-28)14-15-2-4-16(5-3-15)19-26-27-20(35-19)22(23,24)25/h2-9H,10-14H2,1H3. The second kappa shape index (κ2) is 9.78. The third-order valence-electron chi connectivity index (χ3n) is 5.63. The van der Waals surface area contributed by atoms with Gasteiger partial charge >= 0.3 is 18.1 Å². The van der Waals surface area contributed by atoms with E-state index in [1.165, 1.54) is 46.2 Å². The second-order valence-corrected chi connectivity index (χ2v) is 12.7. The van der Waals surface area contributed by atoms with Crippen LogP contribution in [-0.4, -0.2) is 68.8 Å². The summed E-state index contributed by atoms with van der Waals surface area (Å²) >= 11 is 0. The number of benzene rings is 2. The van der Waals surface area contributed by atoms with E-state index in [-0.39, 0.29) is 47.5 Å². The van der Waals surface area contributed by atoms with Crippen molar-refractivity contribution in [2.24, 2.45) is 0 Å². The predicted molar refractivity (Wildman–Crippen MR) is 126 cm³/mol. The summed E-state index contributed by atoms with van der Waals surface area (Å²) in [5.41, 5.74) is 1.20. The highest BCUT2D eigenvalue weighted by Crippen LogP contribution is 2.30. The van der Waals surface area contributed by atoms with Crippen molar-refractivity contribution >= 4 is 31.4 Å². The van der Waals surface area contributed by atoms with Gasteiger partial charge in [-0.1, -0.05) is 12.1 Å². The first kappa shape index (κ1) is 26.6. The van der Waals surface area contributed by atoms with Crippen molar-refractivity contribution < 1.29 is 39.2 Å². The number of halogens is 3. The largest absolute Gasteiger partial charge is 0.470 e. The van der Waals surface area contributed by atoms with Gasteiger partial charge in [-0.15, -0.1) is 10.2 Å². The number of hydrogen-bond donors (Lipinski definition) is 0. The lowest BCUT2D eigenvalue weighted by molar-refractivity contribution is -0.156. The molecule has 15 heteroatoms. The highest BCUT2D eigenvalue weighted by Gasteiger charge is 2.38. The van der Waals surface area contributed by atoms with Crippen LogP contribution in [-0.2, 0) is 32.4 Å². The van der Waals surface area contributed by atoms with E-state index in [4.69, 9.17) is 0 Å². The number of sulfone groups is 2. The molecule has 1 aliphatic heterocycles. The molecule has 0 aliphatic carbocycles. The molecule has 1 fully saturated rings. The molecular weight excluding hydrogens is 537 g/mol. The summed E-state index contributed by atoms with van der Waals surface area (Å²) in [6.45, 7) is 0.0334. The van der Waals surface area contributed by atoms with Crippen molar-refractivity contribution in [2.45, 2.75) is 17.6 Å². The first-order valence-corrected chi connectivity index (χ1v) is 14.5. The number of hydrogen-bond acceptors (Lipinski definition) is 8. The maximum absolute atomic E-state index is 13.4. The van der Waals surface area contributed by atoms with E-state index in [2.05, 4.69) is 14.6 Å². The Morgan fingerprint density at radius 1 is 1.03 bits per heavy atom. The number of urea groups is 1. The van der Waals surface area contributed by atoms with Gasteiger partial charge in [0.2, 0.25) is 5.89 Å². The van der Waals surface area contributed by atoms with Crippen LogP contribution in [0.25, 0.3) is 11.5 Å². The second-order valence-electron chi connectivity index (χ2n) is 8.38. The van der Waals surface area contributed by atoms with Crippen LogP contribution < -0.4 is 4.90 Å². The Kier molecular flexibility index (Phi) is 7.03. The van der Waals surface area contributed by atoms with Crippen LogP contribution in [0.5, 0.6) is 0 Å². The maximum Gasteiger partial charge on any atom is 0.470 e. The zero-order valence-corrected chi connectivity index (χ0v) is 21.0. The van der Waals surface area contributed by atoms with E-state index in [1.54, 1.807) is 12.1 Å². The molecule has 1 saturated heterocycles. The monoisotopic (exact) mass is 558 g/mol. The molecule has 0 radical (unpaired) electrons. The Hall–Kier alpha value is -3.46.